The third kappa shape index (κ3) is 9.82. The Balaban J connectivity index is 0.00000480. The molecule has 0 aliphatic carbocycles. The zero-order valence-corrected chi connectivity index (χ0v) is 21.9. The molecule has 0 unspecified atom stereocenters. The van der Waals surface area contributed by atoms with E-state index < -0.39 is 10.0 Å². The van der Waals surface area contributed by atoms with Crippen LogP contribution in [0, 0.1) is 0 Å². The smallest absolute Gasteiger partial charge is 0.214 e. The van der Waals surface area contributed by atoms with Crippen molar-refractivity contribution in [1.29, 1.82) is 0 Å². The molecule has 2 rings (SSSR count). The topological polar surface area (TPSA) is 92.3 Å². The third-order valence-electron chi connectivity index (χ3n) is 4.88. The average molecular weight is 569 g/mol. The third-order valence-corrected chi connectivity index (χ3v) is 6.95. The van der Waals surface area contributed by atoms with Gasteiger partial charge in [-0.1, -0.05) is 13.0 Å². The molecular weight excluding hydrogens is 531 g/mol. The zero-order valence-electron chi connectivity index (χ0n) is 18.8. The largest absolute Gasteiger partial charge is 0.497 e. The Morgan fingerprint density at radius 1 is 1.23 bits per heavy atom. The number of rotatable bonds is 11. The summed E-state index contributed by atoms with van der Waals surface area (Å²) in [5.74, 6) is 2.56. The molecule has 1 aliphatic rings. The summed E-state index contributed by atoms with van der Waals surface area (Å²) in [5, 5.41) is 6.71. The second kappa shape index (κ2) is 14.7. The van der Waals surface area contributed by atoms with E-state index in [2.05, 4.69) is 15.6 Å². The van der Waals surface area contributed by atoms with Gasteiger partial charge < -0.3 is 20.1 Å². The molecule has 1 aromatic rings. The molecule has 2 N–H and O–H groups in total. The van der Waals surface area contributed by atoms with Crippen LogP contribution in [0.3, 0.4) is 0 Å². The maximum Gasteiger partial charge on any atom is 0.214 e. The maximum absolute atomic E-state index is 12.2. The van der Waals surface area contributed by atoms with Crippen molar-refractivity contribution in [3.8, 4) is 11.5 Å². The second-order valence-corrected chi connectivity index (χ2v) is 9.36. The van der Waals surface area contributed by atoms with Crippen LogP contribution in [0.2, 0.25) is 0 Å². The fourth-order valence-corrected chi connectivity index (χ4v) is 4.86. The van der Waals surface area contributed by atoms with E-state index in [1.54, 1.807) is 11.4 Å². The standard InChI is InChI=1S/C21H36N4O4S.HI/c1-4-16-30(26,27)25-13-10-18(11-14-25)24-21(22-5-2)23-12-7-15-29-20-9-6-8-19(17-20)28-3;/h6,8-9,17-18H,4-5,7,10-16H2,1-3H3,(H2,22,23,24);1H. The Hall–Kier alpha value is -1.27. The van der Waals surface area contributed by atoms with Gasteiger partial charge in [0.1, 0.15) is 11.5 Å². The van der Waals surface area contributed by atoms with Crippen LogP contribution in [0.5, 0.6) is 11.5 Å². The van der Waals surface area contributed by atoms with Crippen LogP contribution in [0.25, 0.3) is 0 Å². The molecule has 0 radical (unpaired) electrons. The van der Waals surface area contributed by atoms with Crippen molar-refractivity contribution in [2.75, 3.05) is 45.6 Å². The lowest BCUT2D eigenvalue weighted by molar-refractivity contribution is 0.305. The Morgan fingerprint density at radius 2 is 1.94 bits per heavy atom. The van der Waals surface area contributed by atoms with E-state index in [9.17, 15) is 8.42 Å². The molecular formula is C21H37IN4O4S. The second-order valence-electron chi connectivity index (χ2n) is 7.28. The minimum absolute atomic E-state index is 0. The molecule has 0 amide bonds. The summed E-state index contributed by atoms with van der Waals surface area (Å²) in [7, 11) is -1.47. The van der Waals surface area contributed by atoms with Crippen molar-refractivity contribution in [2.24, 2.45) is 4.99 Å². The molecule has 178 valence electrons. The highest BCUT2D eigenvalue weighted by Gasteiger charge is 2.27. The number of aliphatic imine (C=N–C) groups is 1. The summed E-state index contributed by atoms with van der Waals surface area (Å²) >= 11 is 0. The Morgan fingerprint density at radius 3 is 2.58 bits per heavy atom. The van der Waals surface area contributed by atoms with E-state index in [4.69, 9.17) is 9.47 Å². The average Bonchev–Trinajstić information content (AvgIpc) is 2.74. The van der Waals surface area contributed by atoms with Crippen LogP contribution in [0.1, 0.15) is 39.5 Å². The van der Waals surface area contributed by atoms with Crippen LogP contribution in [0.4, 0.5) is 0 Å². The lowest BCUT2D eigenvalue weighted by Gasteiger charge is -2.32. The van der Waals surface area contributed by atoms with E-state index in [0.717, 1.165) is 43.3 Å². The molecule has 8 nitrogen and oxygen atoms in total. The van der Waals surface area contributed by atoms with Crippen LogP contribution in [-0.2, 0) is 10.0 Å². The van der Waals surface area contributed by atoms with Crippen molar-refractivity contribution < 1.29 is 17.9 Å². The van der Waals surface area contributed by atoms with Gasteiger partial charge in [-0.3, -0.25) is 4.99 Å². The number of hydrogen-bond donors (Lipinski definition) is 2. The summed E-state index contributed by atoms with van der Waals surface area (Å²) in [6, 6.07) is 7.78. The van der Waals surface area contributed by atoms with Crippen LogP contribution >= 0.6 is 24.0 Å². The molecule has 0 bridgehead atoms. The maximum atomic E-state index is 12.2. The van der Waals surface area contributed by atoms with Gasteiger partial charge in [-0.25, -0.2) is 12.7 Å². The van der Waals surface area contributed by atoms with Gasteiger partial charge in [-0.15, -0.1) is 24.0 Å². The lowest BCUT2D eigenvalue weighted by Crippen LogP contribution is -2.50. The number of nitrogens with zero attached hydrogens (tertiary/aromatic N) is 2. The number of guanidine groups is 1. The minimum atomic E-state index is -3.11. The van der Waals surface area contributed by atoms with Gasteiger partial charge >= 0.3 is 0 Å². The number of hydrogen-bond acceptors (Lipinski definition) is 5. The molecule has 1 aromatic carbocycles. The predicted octanol–water partition coefficient (Wildman–Crippen LogP) is 2.84. The molecule has 0 atom stereocenters. The van der Waals surface area contributed by atoms with Gasteiger partial charge in [-0.2, -0.15) is 0 Å². The minimum Gasteiger partial charge on any atom is -0.497 e. The van der Waals surface area contributed by atoms with Crippen LogP contribution < -0.4 is 20.1 Å². The van der Waals surface area contributed by atoms with Gasteiger partial charge in [-0.05, 0) is 38.3 Å². The molecule has 0 saturated carbocycles. The van der Waals surface area contributed by atoms with Crippen molar-refractivity contribution in [1.82, 2.24) is 14.9 Å². The summed E-state index contributed by atoms with van der Waals surface area (Å²) in [6.07, 6.45) is 3.01. The number of nitrogens with one attached hydrogen (secondary N) is 2. The van der Waals surface area contributed by atoms with E-state index in [-0.39, 0.29) is 35.8 Å². The Bertz CT molecular complexity index is 768. The Labute approximate surface area is 204 Å². The number of piperidine rings is 1. The summed E-state index contributed by atoms with van der Waals surface area (Å²) in [4.78, 5) is 4.63. The van der Waals surface area contributed by atoms with Gasteiger partial charge in [0.15, 0.2) is 5.96 Å². The lowest BCUT2D eigenvalue weighted by atomic mass is 10.1. The molecule has 0 spiro atoms. The highest BCUT2D eigenvalue weighted by atomic mass is 127. The number of methoxy groups -OCH3 is 1. The van der Waals surface area contributed by atoms with Crippen LogP contribution in [-0.4, -0.2) is 70.4 Å². The fourth-order valence-electron chi connectivity index (χ4n) is 3.32. The molecule has 1 fully saturated rings. The molecule has 10 heteroatoms. The van der Waals surface area contributed by atoms with Gasteiger partial charge in [0.2, 0.25) is 10.0 Å². The van der Waals surface area contributed by atoms with Crippen molar-refractivity contribution >= 4 is 40.0 Å². The molecule has 1 heterocycles. The van der Waals surface area contributed by atoms with E-state index in [1.807, 2.05) is 38.1 Å². The first-order valence-electron chi connectivity index (χ1n) is 10.8. The quantitative estimate of drug-likeness (QED) is 0.185. The molecule has 0 aromatic heterocycles. The van der Waals surface area contributed by atoms with Crippen molar-refractivity contribution in [3.05, 3.63) is 24.3 Å². The normalized spacial score (nSPS) is 15.8. The van der Waals surface area contributed by atoms with Gasteiger partial charge in [0.05, 0.1) is 19.5 Å². The highest BCUT2D eigenvalue weighted by molar-refractivity contribution is 14.0. The molecule has 1 aliphatic heterocycles. The predicted molar refractivity (Wildman–Crippen MR) is 136 cm³/mol. The Kier molecular flexibility index (Phi) is 13.2. The number of ether oxygens (including phenoxy) is 2. The summed E-state index contributed by atoms with van der Waals surface area (Å²) < 4.78 is 37.0. The first-order valence-corrected chi connectivity index (χ1v) is 12.4. The van der Waals surface area contributed by atoms with Crippen LogP contribution in [0.15, 0.2) is 29.3 Å². The molecule has 31 heavy (non-hydrogen) atoms. The number of benzene rings is 1. The van der Waals surface area contributed by atoms with Gasteiger partial charge in [0, 0.05) is 44.7 Å². The monoisotopic (exact) mass is 568 g/mol. The summed E-state index contributed by atoms with van der Waals surface area (Å²) in [6.45, 7) is 7.04. The summed E-state index contributed by atoms with van der Waals surface area (Å²) in [5.41, 5.74) is 0. The number of sulfonamides is 1. The van der Waals surface area contributed by atoms with E-state index in [0.29, 0.717) is 32.7 Å². The molecule has 1 saturated heterocycles. The van der Waals surface area contributed by atoms with Gasteiger partial charge in [0.25, 0.3) is 0 Å². The highest BCUT2D eigenvalue weighted by Crippen LogP contribution is 2.19. The first-order chi connectivity index (χ1) is 14.5. The van der Waals surface area contributed by atoms with Crippen molar-refractivity contribution in [3.63, 3.8) is 0 Å². The van der Waals surface area contributed by atoms with Crippen molar-refractivity contribution in [2.45, 2.75) is 45.6 Å². The van der Waals surface area contributed by atoms with E-state index in [1.165, 1.54) is 0 Å². The fraction of sp³-hybridized carbons (Fsp3) is 0.667. The zero-order chi connectivity index (χ0) is 21.8. The first kappa shape index (κ1) is 27.8. The SMILES string of the molecule is CCCS(=O)(=O)N1CCC(NC(=NCCCOc2cccc(OC)c2)NCC)CC1.I. The number of halogens is 1. The van der Waals surface area contributed by atoms with E-state index >= 15 is 0 Å².